The van der Waals surface area contributed by atoms with E-state index in [1.165, 1.54) is 36.5 Å². The van der Waals surface area contributed by atoms with Crippen LogP contribution >= 0.6 is 15.9 Å². The van der Waals surface area contributed by atoms with E-state index in [0.29, 0.717) is 15.6 Å². The van der Waals surface area contributed by atoms with E-state index in [9.17, 15) is 24.5 Å². The van der Waals surface area contributed by atoms with Crippen LogP contribution in [0.15, 0.2) is 101 Å². The van der Waals surface area contributed by atoms with E-state index < -0.39 is 22.7 Å². The number of anilines is 1. The lowest BCUT2D eigenvalue weighted by Crippen LogP contribution is -2.21. The van der Waals surface area contributed by atoms with Crippen molar-refractivity contribution in [3.8, 4) is 5.75 Å². The average Bonchev–Trinajstić information content (AvgIpc) is 2.94. The molecule has 0 saturated carbocycles. The summed E-state index contributed by atoms with van der Waals surface area (Å²) in [6.07, 6.45) is 1.33. The maximum absolute atomic E-state index is 12.9. The van der Waals surface area contributed by atoms with Crippen LogP contribution in [0.1, 0.15) is 42.2 Å². The highest BCUT2D eigenvalue weighted by Crippen LogP contribution is 2.23. The van der Waals surface area contributed by atoms with Crippen molar-refractivity contribution in [1.29, 1.82) is 0 Å². The second-order valence-corrected chi connectivity index (χ2v) is 9.36. The van der Waals surface area contributed by atoms with E-state index in [1.54, 1.807) is 54.6 Å². The van der Waals surface area contributed by atoms with Gasteiger partial charge < -0.3 is 10.1 Å². The van der Waals surface area contributed by atoms with Gasteiger partial charge in [0.2, 0.25) is 0 Å². The Bertz CT molecular complexity index is 1640. The maximum Gasteiger partial charge on any atom is 0.343 e. The number of ether oxygens (including phenoxy) is 1. The number of nitrogens with zero attached hydrogens (tertiary/aromatic N) is 2. The Morgan fingerprint density at radius 1 is 0.900 bits per heavy atom. The fourth-order valence-corrected chi connectivity index (χ4v) is 3.96. The molecule has 40 heavy (non-hydrogen) atoms. The number of nitrogens with one attached hydrogen (secondary N) is 2. The predicted octanol–water partition coefficient (Wildman–Crippen LogP) is 5.90. The molecule has 200 valence electrons. The highest BCUT2D eigenvalue weighted by molar-refractivity contribution is 9.10. The van der Waals surface area contributed by atoms with Gasteiger partial charge in [-0.25, -0.2) is 10.2 Å². The molecular weight excluding hydrogens is 580 g/mol. The number of hydrogen-bond acceptors (Lipinski definition) is 7. The summed E-state index contributed by atoms with van der Waals surface area (Å²) < 4.78 is 6.26. The molecule has 0 saturated heterocycles. The van der Waals surface area contributed by atoms with Crippen LogP contribution in [0.4, 0.5) is 11.4 Å². The largest absolute Gasteiger partial charge is 0.422 e. The first-order valence-electron chi connectivity index (χ1n) is 11.8. The minimum atomic E-state index is -0.607. The summed E-state index contributed by atoms with van der Waals surface area (Å²) in [5.74, 6) is -1.46. The first-order valence-corrected chi connectivity index (χ1v) is 12.6. The van der Waals surface area contributed by atoms with Crippen molar-refractivity contribution in [2.75, 3.05) is 5.32 Å². The normalized spacial score (nSPS) is 10.7. The van der Waals surface area contributed by atoms with Crippen molar-refractivity contribution in [1.82, 2.24) is 5.43 Å². The predicted molar refractivity (Wildman–Crippen MR) is 153 cm³/mol. The summed E-state index contributed by atoms with van der Waals surface area (Å²) in [6, 6.07) is 23.4. The fourth-order valence-electron chi connectivity index (χ4n) is 3.58. The quantitative estimate of drug-likeness (QED) is 0.0848. The highest BCUT2D eigenvalue weighted by Gasteiger charge is 2.16. The number of benzene rings is 4. The molecule has 0 radical (unpaired) electrons. The number of aryl methyl sites for hydroxylation is 1. The number of amides is 2. The van der Waals surface area contributed by atoms with Crippen LogP contribution in [0, 0.1) is 17.0 Å². The lowest BCUT2D eigenvalue weighted by Gasteiger charge is -2.10. The number of carbonyl (C=O) groups is 3. The summed E-state index contributed by atoms with van der Waals surface area (Å²) >= 11 is 3.37. The molecule has 0 fully saturated rings. The van der Waals surface area contributed by atoms with Gasteiger partial charge in [0.05, 0.1) is 28.0 Å². The maximum atomic E-state index is 12.9. The van der Waals surface area contributed by atoms with Crippen molar-refractivity contribution in [3.63, 3.8) is 0 Å². The van der Waals surface area contributed by atoms with Crippen LogP contribution in [0.2, 0.25) is 0 Å². The molecule has 0 aromatic heterocycles. The van der Waals surface area contributed by atoms with Crippen molar-refractivity contribution in [3.05, 3.63) is 133 Å². The molecule has 11 heteroatoms. The van der Waals surface area contributed by atoms with Crippen LogP contribution in [0.25, 0.3) is 0 Å². The minimum Gasteiger partial charge on any atom is -0.422 e. The Kier molecular flexibility index (Phi) is 8.77. The smallest absolute Gasteiger partial charge is 0.343 e. The van der Waals surface area contributed by atoms with Gasteiger partial charge in [0.1, 0.15) is 5.75 Å². The Morgan fingerprint density at radius 3 is 2.38 bits per heavy atom. The monoisotopic (exact) mass is 600 g/mol. The van der Waals surface area contributed by atoms with Gasteiger partial charge in [-0.05, 0) is 61.5 Å². The summed E-state index contributed by atoms with van der Waals surface area (Å²) in [4.78, 5) is 48.5. The molecule has 0 bridgehead atoms. The second-order valence-electron chi connectivity index (χ2n) is 8.44. The number of hydrazone groups is 1. The topological polar surface area (TPSA) is 140 Å². The molecule has 0 spiro atoms. The van der Waals surface area contributed by atoms with Crippen LogP contribution in [-0.2, 0) is 0 Å². The zero-order valence-corrected chi connectivity index (χ0v) is 22.5. The molecule has 10 nitrogen and oxygen atoms in total. The number of non-ortho nitro benzene ring substituents is 1. The summed E-state index contributed by atoms with van der Waals surface area (Å²) in [7, 11) is 0. The van der Waals surface area contributed by atoms with Crippen molar-refractivity contribution >= 4 is 51.3 Å². The molecule has 4 aromatic rings. The van der Waals surface area contributed by atoms with Crippen molar-refractivity contribution in [2.45, 2.75) is 6.92 Å². The summed E-state index contributed by atoms with van der Waals surface area (Å²) in [5.41, 5.74) is 4.53. The Morgan fingerprint density at radius 2 is 1.65 bits per heavy atom. The number of esters is 1. The van der Waals surface area contributed by atoms with Gasteiger partial charge in [-0.15, -0.1) is 0 Å². The Labute approximate surface area is 237 Å². The molecule has 0 aliphatic rings. The third-order valence-electron chi connectivity index (χ3n) is 5.56. The van der Waals surface area contributed by atoms with Crippen LogP contribution < -0.4 is 15.5 Å². The standard InChI is InChI=1S/C29H21BrN4O6/c1-18-5-4-6-20(15-18)29(37)40-26-14-11-22(30)16-21(26)17-31-33-28(36)24-7-2-3-8-25(24)32-27(35)19-9-12-23(13-10-19)34(38)39/h2-17H,1H3,(H,32,35)(H,33,36)/b31-17-. The molecule has 0 unspecified atom stereocenters. The highest BCUT2D eigenvalue weighted by atomic mass is 79.9. The number of hydrogen-bond donors (Lipinski definition) is 2. The molecule has 2 amide bonds. The number of halogens is 1. The van der Waals surface area contributed by atoms with E-state index in [-0.39, 0.29) is 28.3 Å². The van der Waals surface area contributed by atoms with E-state index in [1.807, 2.05) is 13.0 Å². The van der Waals surface area contributed by atoms with E-state index in [2.05, 4.69) is 31.8 Å². The van der Waals surface area contributed by atoms with Gasteiger partial charge in [-0.2, -0.15) is 5.10 Å². The van der Waals surface area contributed by atoms with Gasteiger partial charge in [0, 0.05) is 27.7 Å². The number of rotatable bonds is 8. The third kappa shape index (κ3) is 7.03. The van der Waals surface area contributed by atoms with Gasteiger partial charge in [0.25, 0.3) is 17.5 Å². The Balaban J connectivity index is 1.46. The van der Waals surface area contributed by atoms with E-state index in [4.69, 9.17) is 4.74 Å². The first-order chi connectivity index (χ1) is 19.2. The molecule has 0 aliphatic heterocycles. The summed E-state index contributed by atoms with van der Waals surface area (Å²) in [5, 5.41) is 17.5. The van der Waals surface area contributed by atoms with Crippen molar-refractivity contribution < 1.29 is 24.0 Å². The zero-order chi connectivity index (χ0) is 28.6. The van der Waals surface area contributed by atoms with E-state index in [0.717, 1.165) is 5.56 Å². The number of nitro benzene ring substituents is 1. The molecule has 0 aliphatic carbocycles. The molecule has 4 aromatic carbocycles. The molecule has 0 heterocycles. The molecule has 4 rings (SSSR count). The molecule has 0 atom stereocenters. The lowest BCUT2D eigenvalue weighted by molar-refractivity contribution is -0.384. The molecular formula is C29H21BrN4O6. The van der Waals surface area contributed by atoms with Crippen molar-refractivity contribution in [2.24, 2.45) is 5.10 Å². The average molecular weight is 601 g/mol. The lowest BCUT2D eigenvalue weighted by atomic mass is 10.1. The first kappa shape index (κ1) is 27.9. The molecule has 2 N–H and O–H groups in total. The SMILES string of the molecule is Cc1cccc(C(=O)Oc2ccc(Br)cc2/C=N\NC(=O)c2ccccc2NC(=O)c2ccc([N+](=O)[O-])cc2)c1. The minimum absolute atomic E-state index is 0.134. The van der Waals surface area contributed by atoms with Crippen LogP contribution in [-0.4, -0.2) is 28.9 Å². The number of nitro groups is 1. The van der Waals surface area contributed by atoms with Gasteiger partial charge in [-0.3, -0.25) is 19.7 Å². The van der Waals surface area contributed by atoms with Gasteiger partial charge in [-0.1, -0.05) is 45.8 Å². The van der Waals surface area contributed by atoms with Crippen LogP contribution in [0.3, 0.4) is 0 Å². The number of carbonyl (C=O) groups excluding carboxylic acids is 3. The second kappa shape index (κ2) is 12.6. The van der Waals surface area contributed by atoms with Crippen LogP contribution in [0.5, 0.6) is 5.75 Å². The van der Waals surface area contributed by atoms with Gasteiger partial charge >= 0.3 is 5.97 Å². The fraction of sp³-hybridized carbons (Fsp3) is 0.0345. The third-order valence-corrected chi connectivity index (χ3v) is 6.05. The summed E-state index contributed by atoms with van der Waals surface area (Å²) in [6.45, 7) is 1.87. The zero-order valence-electron chi connectivity index (χ0n) is 21.0. The van der Waals surface area contributed by atoms with Gasteiger partial charge in [0.15, 0.2) is 0 Å². The number of para-hydroxylation sites is 1. The van der Waals surface area contributed by atoms with E-state index >= 15 is 0 Å². The Hall–Kier alpha value is -5.16.